The number of carbonyl (C=O) groups is 1. The highest BCUT2D eigenvalue weighted by Crippen LogP contribution is 2.41. The number of phenolic OH excluding ortho intramolecular Hbond substituents is 1. The Morgan fingerprint density at radius 3 is 2.67 bits per heavy atom. The van der Waals surface area contributed by atoms with Crippen molar-refractivity contribution >= 4 is 71.0 Å². The Balaban J connectivity index is 2.05. The van der Waals surface area contributed by atoms with E-state index in [0.29, 0.717) is 22.3 Å². The molecular formula is C20H18Br3NO3. The third-order valence-electron chi connectivity index (χ3n) is 4.36. The third kappa shape index (κ3) is 4.25. The van der Waals surface area contributed by atoms with E-state index in [1.54, 1.807) is 12.1 Å². The minimum atomic E-state index is -0.0131. The van der Waals surface area contributed by atoms with E-state index in [1.807, 2.05) is 29.2 Å². The van der Waals surface area contributed by atoms with Crippen molar-refractivity contribution in [1.82, 2.24) is 0 Å². The van der Waals surface area contributed by atoms with Gasteiger partial charge in [0, 0.05) is 27.5 Å². The first-order chi connectivity index (χ1) is 13.0. The van der Waals surface area contributed by atoms with Crippen molar-refractivity contribution in [3.8, 4) is 11.5 Å². The van der Waals surface area contributed by atoms with E-state index in [9.17, 15) is 9.90 Å². The van der Waals surface area contributed by atoms with Gasteiger partial charge in [-0.1, -0.05) is 31.9 Å². The highest BCUT2D eigenvalue weighted by Gasteiger charge is 2.32. The van der Waals surface area contributed by atoms with E-state index < -0.39 is 0 Å². The molecule has 0 aromatic heterocycles. The maximum Gasteiger partial charge on any atom is 0.258 e. The maximum absolute atomic E-state index is 13.1. The second kappa shape index (κ2) is 8.80. The van der Waals surface area contributed by atoms with Gasteiger partial charge in [0.1, 0.15) is 0 Å². The van der Waals surface area contributed by atoms with Crippen LogP contribution in [0.3, 0.4) is 0 Å². The van der Waals surface area contributed by atoms with Crippen molar-refractivity contribution in [2.24, 2.45) is 0 Å². The average Bonchev–Trinajstić information content (AvgIpc) is 2.89. The minimum absolute atomic E-state index is 0.0131. The van der Waals surface area contributed by atoms with Crippen LogP contribution in [0.1, 0.15) is 24.0 Å². The van der Waals surface area contributed by atoms with Gasteiger partial charge >= 0.3 is 0 Å². The Morgan fingerprint density at radius 1 is 1.19 bits per heavy atom. The van der Waals surface area contributed by atoms with Crippen LogP contribution in [0.25, 0.3) is 11.6 Å². The number of methoxy groups -OCH3 is 1. The summed E-state index contributed by atoms with van der Waals surface area (Å²) in [6, 6.07) is 9.37. The predicted octanol–water partition coefficient (Wildman–Crippen LogP) is 5.99. The van der Waals surface area contributed by atoms with Crippen molar-refractivity contribution in [3.63, 3.8) is 0 Å². The number of halogens is 3. The standard InChI is InChI=1S/C20H18Br3NO3/c1-27-18-10-12(9-16(23)19(18)25)8-15-14-11-13(22)4-5-17(14)24(20(15)26)7-3-2-6-21/h4-5,8-11,25H,2-3,6-7H2,1H3. The number of unbranched alkanes of at least 4 members (excludes halogenated alkanes) is 1. The first-order valence-electron chi connectivity index (χ1n) is 8.42. The summed E-state index contributed by atoms with van der Waals surface area (Å²) in [5.41, 5.74) is 3.23. The molecule has 0 saturated carbocycles. The molecule has 3 rings (SSSR count). The summed E-state index contributed by atoms with van der Waals surface area (Å²) in [6.45, 7) is 0.680. The SMILES string of the molecule is COc1cc(C=C2C(=O)N(CCCCBr)c3ccc(Br)cc32)cc(Br)c1O. The van der Waals surface area contributed by atoms with Crippen LogP contribution >= 0.6 is 47.8 Å². The van der Waals surface area contributed by atoms with Gasteiger partial charge in [-0.15, -0.1) is 0 Å². The van der Waals surface area contributed by atoms with Crippen LogP contribution in [0.4, 0.5) is 5.69 Å². The van der Waals surface area contributed by atoms with Gasteiger partial charge in [0.05, 0.1) is 17.3 Å². The highest BCUT2D eigenvalue weighted by atomic mass is 79.9. The van der Waals surface area contributed by atoms with Gasteiger partial charge in [-0.05, 0) is 70.7 Å². The number of nitrogens with zero attached hydrogens (tertiary/aromatic N) is 1. The van der Waals surface area contributed by atoms with E-state index in [1.165, 1.54) is 7.11 Å². The second-order valence-electron chi connectivity index (χ2n) is 6.13. The Kier molecular flexibility index (Phi) is 6.65. The monoisotopic (exact) mass is 557 g/mol. The van der Waals surface area contributed by atoms with Gasteiger partial charge in [-0.3, -0.25) is 4.79 Å². The van der Waals surface area contributed by atoms with Crippen LogP contribution in [0, 0.1) is 0 Å². The topological polar surface area (TPSA) is 49.8 Å². The Bertz CT molecular complexity index is 912. The molecule has 27 heavy (non-hydrogen) atoms. The number of hydrogen-bond donors (Lipinski definition) is 1. The molecule has 2 aromatic carbocycles. The lowest BCUT2D eigenvalue weighted by Gasteiger charge is -2.16. The number of alkyl halides is 1. The molecule has 0 atom stereocenters. The highest BCUT2D eigenvalue weighted by molar-refractivity contribution is 9.11. The van der Waals surface area contributed by atoms with Crippen LogP contribution < -0.4 is 9.64 Å². The summed E-state index contributed by atoms with van der Waals surface area (Å²) < 4.78 is 6.66. The predicted molar refractivity (Wildman–Crippen MR) is 120 cm³/mol. The lowest BCUT2D eigenvalue weighted by molar-refractivity contribution is -0.113. The first-order valence-corrected chi connectivity index (χ1v) is 11.1. The molecule has 7 heteroatoms. The summed E-state index contributed by atoms with van der Waals surface area (Å²) in [7, 11) is 1.50. The second-order valence-corrected chi connectivity index (χ2v) is 8.69. The minimum Gasteiger partial charge on any atom is -0.503 e. The molecule has 0 saturated heterocycles. The number of hydrogen-bond acceptors (Lipinski definition) is 3. The Labute approximate surface area is 183 Å². The van der Waals surface area contributed by atoms with Crippen molar-refractivity contribution in [3.05, 3.63) is 50.4 Å². The zero-order valence-electron chi connectivity index (χ0n) is 14.6. The lowest BCUT2D eigenvalue weighted by Crippen LogP contribution is -2.27. The number of anilines is 1. The molecule has 4 nitrogen and oxygen atoms in total. The van der Waals surface area contributed by atoms with Gasteiger partial charge in [0.2, 0.25) is 0 Å². The zero-order valence-corrected chi connectivity index (χ0v) is 19.4. The van der Waals surface area contributed by atoms with Gasteiger partial charge in [0.15, 0.2) is 11.5 Å². The number of phenols is 1. The van der Waals surface area contributed by atoms with Crippen LogP contribution in [0.15, 0.2) is 39.3 Å². The molecule has 0 bridgehead atoms. The number of aromatic hydroxyl groups is 1. The summed E-state index contributed by atoms with van der Waals surface area (Å²) in [5, 5.41) is 10.9. The van der Waals surface area contributed by atoms with E-state index in [2.05, 4.69) is 47.8 Å². The van der Waals surface area contributed by atoms with Crippen molar-refractivity contribution in [1.29, 1.82) is 0 Å². The number of carbonyl (C=O) groups excluding carboxylic acids is 1. The van der Waals surface area contributed by atoms with E-state index >= 15 is 0 Å². The maximum atomic E-state index is 13.1. The van der Waals surface area contributed by atoms with Crippen LogP contribution in [-0.2, 0) is 4.79 Å². The van der Waals surface area contributed by atoms with Gasteiger partial charge in [-0.25, -0.2) is 0 Å². The number of fused-ring (bicyclic) bond motifs is 1. The molecule has 0 spiro atoms. The first kappa shape index (κ1) is 20.4. The van der Waals surface area contributed by atoms with E-state index in [-0.39, 0.29) is 11.7 Å². The molecule has 1 N–H and O–H groups in total. The largest absolute Gasteiger partial charge is 0.503 e. The molecule has 2 aromatic rings. The molecular weight excluding hydrogens is 542 g/mol. The Morgan fingerprint density at radius 2 is 1.96 bits per heavy atom. The number of rotatable bonds is 6. The smallest absolute Gasteiger partial charge is 0.258 e. The van der Waals surface area contributed by atoms with Crippen molar-refractivity contribution in [2.75, 3.05) is 23.9 Å². The fourth-order valence-corrected chi connectivity index (χ4v) is 4.27. The fraction of sp³-hybridized carbons (Fsp3) is 0.250. The molecule has 1 aliphatic heterocycles. The molecule has 142 valence electrons. The fourth-order valence-electron chi connectivity index (χ4n) is 3.05. The number of amides is 1. The van der Waals surface area contributed by atoms with E-state index in [0.717, 1.165) is 39.5 Å². The molecule has 0 unspecified atom stereocenters. The molecule has 1 amide bonds. The number of ether oxygens (including phenoxy) is 1. The van der Waals surface area contributed by atoms with Crippen molar-refractivity contribution < 1.29 is 14.6 Å². The van der Waals surface area contributed by atoms with Crippen LogP contribution in [0.5, 0.6) is 11.5 Å². The average molecular weight is 560 g/mol. The summed E-state index contributed by atoms with van der Waals surface area (Å²) in [6.07, 6.45) is 3.78. The molecule has 1 heterocycles. The summed E-state index contributed by atoms with van der Waals surface area (Å²) in [4.78, 5) is 15.0. The zero-order chi connectivity index (χ0) is 19.6. The van der Waals surface area contributed by atoms with E-state index in [4.69, 9.17) is 4.74 Å². The van der Waals surface area contributed by atoms with Crippen LogP contribution in [0.2, 0.25) is 0 Å². The van der Waals surface area contributed by atoms with Gasteiger partial charge in [0.25, 0.3) is 5.91 Å². The lowest BCUT2D eigenvalue weighted by atomic mass is 10.0. The van der Waals surface area contributed by atoms with Gasteiger partial charge < -0.3 is 14.7 Å². The molecule has 1 aliphatic rings. The van der Waals surface area contributed by atoms with Gasteiger partial charge in [-0.2, -0.15) is 0 Å². The number of benzene rings is 2. The summed E-state index contributed by atoms with van der Waals surface area (Å²) >= 11 is 10.3. The summed E-state index contributed by atoms with van der Waals surface area (Å²) in [5.74, 6) is 0.378. The molecule has 0 radical (unpaired) electrons. The Hall–Kier alpha value is -1.31. The molecule has 0 fully saturated rings. The van der Waals surface area contributed by atoms with Crippen LogP contribution in [-0.4, -0.2) is 30.0 Å². The normalized spacial score (nSPS) is 14.7. The quantitative estimate of drug-likeness (QED) is 0.269. The molecule has 0 aliphatic carbocycles. The third-order valence-corrected chi connectivity index (χ3v) is 6.02. The van der Waals surface area contributed by atoms with Crippen molar-refractivity contribution in [2.45, 2.75) is 12.8 Å².